The van der Waals surface area contributed by atoms with E-state index in [9.17, 15) is 0 Å². The summed E-state index contributed by atoms with van der Waals surface area (Å²) in [6.07, 6.45) is 6.55. The van der Waals surface area contributed by atoms with Gasteiger partial charge in [-0.2, -0.15) is 5.10 Å². The van der Waals surface area contributed by atoms with Gasteiger partial charge in [-0.05, 0) is 32.7 Å². The Morgan fingerprint density at radius 1 is 1.40 bits per heavy atom. The number of nitrogens with zero attached hydrogens (tertiary/aromatic N) is 2. The molecule has 1 rings (SSSR count). The minimum Gasteiger partial charge on any atom is -0.313 e. The van der Waals surface area contributed by atoms with Gasteiger partial charge in [0.2, 0.25) is 0 Å². The first-order valence-corrected chi connectivity index (χ1v) is 5.87. The summed E-state index contributed by atoms with van der Waals surface area (Å²) < 4.78 is 1.98. The van der Waals surface area contributed by atoms with Crippen LogP contribution in [0.1, 0.15) is 45.2 Å². The molecule has 0 radical (unpaired) electrons. The lowest BCUT2D eigenvalue weighted by Gasteiger charge is -2.15. The van der Waals surface area contributed by atoms with Crippen molar-refractivity contribution >= 4 is 0 Å². The molecule has 0 fully saturated rings. The molecule has 0 aliphatic heterocycles. The highest BCUT2D eigenvalue weighted by molar-refractivity contribution is 5.10. The fourth-order valence-electron chi connectivity index (χ4n) is 1.71. The molecule has 0 amide bonds. The van der Waals surface area contributed by atoms with Gasteiger partial charge in [0.05, 0.1) is 6.20 Å². The molecule has 0 spiro atoms. The Hall–Kier alpha value is -0.830. The van der Waals surface area contributed by atoms with E-state index in [4.69, 9.17) is 0 Å². The molecular formula is C12H23N3. The second-order valence-electron chi connectivity index (χ2n) is 4.44. The van der Waals surface area contributed by atoms with Crippen molar-refractivity contribution in [3.05, 3.63) is 18.0 Å². The van der Waals surface area contributed by atoms with Crippen LogP contribution < -0.4 is 5.32 Å². The van der Waals surface area contributed by atoms with Gasteiger partial charge in [-0.3, -0.25) is 4.68 Å². The maximum atomic E-state index is 4.31. The van der Waals surface area contributed by atoms with Crippen LogP contribution in [-0.2, 0) is 6.54 Å². The van der Waals surface area contributed by atoms with Crippen molar-refractivity contribution in [1.29, 1.82) is 0 Å². The summed E-state index contributed by atoms with van der Waals surface area (Å²) in [5.41, 5.74) is 1.31. The predicted molar refractivity (Wildman–Crippen MR) is 63.8 cm³/mol. The normalized spacial score (nSPS) is 13.4. The minimum absolute atomic E-state index is 0.452. The van der Waals surface area contributed by atoms with E-state index in [1.165, 1.54) is 18.4 Å². The molecule has 0 saturated heterocycles. The van der Waals surface area contributed by atoms with Crippen molar-refractivity contribution in [1.82, 2.24) is 15.1 Å². The molecule has 0 aromatic carbocycles. The molecular weight excluding hydrogens is 186 g/mol. The summed E-state index contributed by atoms with van der Waals surface area (Å²) in [6.45, 7) is 7.59. The highest BCUT2D eigenvalue weighted by Crippen LogP contribution is 2.19. The van der Waals surface area contributed by atoms with Crippen molar-refractivity contribution in [2.24, 2.45) is 5.92 Å². The summed E-state index contributed by atoms with van der Waals surface area (Å²) >= 11 is 0. The third-order valence-electron chi connectivity index (χ3n) is 2.76. The Morgan fingerprint density at radius 3 is 2.60 bits per heavy atom. The molecule has 1 atom stereocenters. The molecule has 3 nitrogen and oxygen atoms in total. The average molecular weight is 209 g/mol. The Kier molecular flexibility index (Phi) is 4.82. The molecule has 0 aliphatic carbocycles. The topological polar surface area (TPSA) is 29.9 Å². The van der Waals surface area contributed by atoms with E-state index in [1.807, 2.05) is 17.9 Å². The molecule has 15 heavy (non-hydrogen) atoms. The molecule has 86 valence electrons. The van der Waals surface area contributed by atoms with E-state index in [-0.39, 0.29) is 0 Å². The average Bonchev–Trinajstić information content (AvgIpc) is 2.67. The Bertz CT molecular complexity index is 278. The molecule has 0 saturated carbocycles. The highest BCUT2D eigenvalue weighted by atomic mass is 15.3. The standard InChI is InChI=1S/C12H23N3/c1-5-15-9-11(8-14-15)12(13-4)7-6-10(2)3/h8-10,12-13H,5-7H2,1-4H3. The summed E-state index contributed by atoms with van der Waals surface area (Å²) in [7, 11) is 2.02. The maximum absolute atomic E-state index is 4.31. The zero-order chi connectivity index (χ0) is 11.3. The second-order valence-corrected chi connectivity index (χ2v) is 4.44. The highest BCUT2D eigenvalue weighted by Gasteiger charge is 2.11. The minimum atomic E-state index is 0.452. The van der Waals surface area contributed by atoms with Crippen molar-refractivity contribution < 1.29 is 0 Å². The van der Waals surface area contributed by atoms with Crippen LogP contribution >= 0.6 is 0 Å². The quantitative estimate of drug-likeness (QED) is 0.780. The van der Waals surface area contributed by atoms with Crippen molar-refractivity contribution in [3.8, 4) is 0 Å². The lowest BCUT2D eigenvalue weighted by atomic mass is 10.00. The van der Waals surface area contributed by atoms with E-state index >= 15 is 0 Å². The third-order valence-corrected chi connectivity index (χ3v) is 2.76. The first-order chi connectivity index (χ1) is 7.17. The van der Waals surface area contributed by atoms with Gasteiger partial charge in [0.15, 0.2) is 0 Å². The van der Waals surface area contributed by atoms with Gasteiger partial charge >= 0.3 is 0 Å². The molecule has 0 aliphatic rings. The molecule has 3 heteroatoms. The zero-order valence-corrected chi connectivity index (χ0v) is 10.3. The second kappa shape index (κ2) is 5.91. The van der Waals surface area contributed by atoms with E-state index in [0.29, 0.717) is 6.04 Å². The van der Waals surface area contributed by atoms with Crippen LogP contribution in [0.4, 0.5) is 0 Å². The number of aromatic nitrogens is 2. The van der Waals surface area contributed by atoms with Crippen LogP contribution in [0.25, 0.3) is 0 Å². The van der Waals surface area contributed by atoms with Crippen LogP contribution in [0.15, 0.2) is 12.4 Å². The lowest BCUT2D eigenvalue weighted by Crippen LogP contribution is -2.16. The van der Waals surface area contributed by atoms with Crippen molar-refractivity contribution in [2.45, 2.75) is 46.2 Å². The first kappa shape index (κ1) is 12.2. The van der Waals surface area contributed by atoms with Gasteiger partial charge in [-0.15, -0.1) is 0 Å². The van der Waals surface area contributed by atoms with E-state index in [1.54, 1.807) is 0 Å². The first-order valence-electron chi connectivity index (χ1n) is 5.87. The van der Waals surface area contributed by atoms with Gasteiger partial charge in [0.25, 0.3) is 0 Å². The Balaban J connectivity index is 2.57. The maximum Gasteiger partial charge on any atom is 0.0537 e. The van der Waals surface area contributed by atoms with Crippen LogP contribution in [0, 0.1) is 5.92 Å². The van der Waals surface area contributed by atoms with Gasteiger partial charge in [0.1, 0.15) is 0 Å². The number of nitrogens with one attached hydrogen (secondary N) is 1. The molecule has 1 aromatic heterocycles. The molecule has 1 N–H and O–H groups in total. The summed E-state index contributed by atoms with van der Waals surface area (Å²) in [5, 5.41) is 7.67. The third kappa shape index (κ3) is 3.67. The van der Waals surface area contributed by atoms with Crippen LogP contribution in [-0.4, -0.2) is 16.8 Å². The molecule has 0 bridgehead atoms. The fraction of sp³-hybridized carbons (Fsp3) is 0.750. The zero-order valence-electron chi connectivity index (χ0n) is 10.3. The van der Waals surface area contributed by atoms with Gasteiger partial charge < -0.3 is 5.32 Å². The van der Waals surface area contributed by atoms with Gasteiger partial charge in [-0.25, -0.2) is 0 Å². The molecule has 1 unspecified atom stereocenters. The monoisotopic (exact) mass is 209 g/mol. The number of rotatable bonds is 6. The van der Waals surface area contributed by atoms with Crippen LogP contribution in [0.3, 0.4) is 0 Å². The van der Waals surface area contributed by atoms with Crippen LogP contribution in [0.5, 0.6) is 0 Å². The largest absolute Gasteiger partial charge is 0.313 e. The van der Waals surface area contributed by atoms with E-state index in [0.717, 1.165) is 12.5 Å². The van der Waals surface area contributed by atoms with Crippen molar-refractivity contribution in [3.63, 3.8) is 0 Å². The Labute approximate surface area is 92.9 Å². The van der Waals surface area contributed by atoms with E-state index in [2.05, 4.69) is 37.4 Å². The van der Waals surface area contributed by atoms with Gasteiger partial charge in [0, 0.05) is 24.3 Å². The molecule has 1 heterocycles. The number of hydrogen-bond donors (Lipinski definition) is 1. The van der Waals surface area contributed by atoms with E-state index < -0.39 is 0 Å². The SMILES string of the molecule is CCn1cc(C(CCC(C)C)NC)cn1. The van der Waals surface area contributed by atoms with Crippen LogP contribution in [0.2, 0.25) is 0 Å². The lowest BCUT2D eigenvalue weighted by molar-refractivity contribution is 0.464. The Morgan fingerprint density at radius 2 is 2.13 bits per heavy atom. The molecule has 1 aromatic rings. The number of aryl methyl sites for hydroxylation is 1. The summed E-state index contributed by atoms with van der Waals surface area (Å²) in [4.78, 5) is 0. The summed E-state index contributed by atoms with van der Waals surface area (Å²) in [6, 6.07) is 0.452. The number of hydrogen-bond acceptors (Lipinski definition) is 2. The van der Waals surface area contributed by atoms with Gasteiger partial charge in [-0.1, -0.05) is 13.8 Å². The summed E-state index contributed by atoms with van der Waals surface area (Å²) in [5.74, 6) is 0.766. The predicted octanol–water partition coefficient (Wildman–Crippen LogP) is 2.60. The fourth-order valence-corrected chi connectivity index (χ4v) is 1.71. The smallest absolute Gasteiger partial charge is 0.0537 e. The van der Waals surface area contributed by atoms with Crippen molar-refractivity contribution in [2.75, 3.05) is 7.05 Å².